The fourth-order valence-corrected chi connectivity index (χ4v) is 3.76. The highest BCUT2D eigenvalue weighted by Crippen LogP contribution is 2.32. The van der Waals surface area contributed by atoms with E-state index in [4.69, 9.17) is 0 Å². The predicted molar refractivity (Wildman–Crippen MR) is 113 cm³/mol. The van der Waals surface area contributed by atoms with Crippen molar-refractivity contribution in [2.45, 2.75) is 24.8 Å². The van der Waals surface area contributed by atoms with Gasteiger partial charge in [0.15, 0.2) is 0 Å². The second-order valence-corrected chi connectivity index (χ2v) is 8.11. The van der Waals surface area contributed by atoms with Crippen LogP contribution in [0.25, 0.3) is 11.4 Å². The Bertz CT molecular complexity index is 1380. The van der Waals surface area contributed by atoms with Gasteiger partial charge in [-0.1, -0.05) is 23.4 Å². The number of aromatic nitrogens is 3. The number of halogens is 6. The zero-order valence-electron chi connectivity index (χ0n) is 18.6. The largest absolute Gasteiger partial charge is 0.471 e. The fraction of sp³-hybridized carbons (Fsp3) is 0.318. The summed E-state index contributed by atoms with van der Waals surface area (Å²) >= 11 is 0. The van der Waals surface area contributed by atoms with E-state index in [1.807, 2.05) is 0 Å². The van der Waals surface area contributed by atoms with Crippen LogP contribution >= 0.6 is 0 Å². The third-order valence-electron chi connectivity index (χ3n) is 5.57. The molecule has 0 bridgehead atoms. The molecule has 15 heteroatoms. The van der Waals surface area contributed by atoms with Gasteiger partial charge in [0.05, 0.1) is 18.0 Å². The molecule has 1 atom stereocenters. The smallest absolute Gasteiger partial charge is 0.353 e. The molecule has 1 N–H and O–H groups in total. The molecule has 0 radical (unpaired) electrons. The molecule has 1 aliphatic rings. The van der Waals surface area contributed by atoms with Crippen molar-refractivity contribution in [2.75, 3.05) is 19.6 Å². The number of alkyl halides is 6. The number of hydrogen-bond donors (Lipinski definition) is 1. The van der Waals surface area contributed by atoms with Gasteiger partial charge in [-0.2, -0.15) is 31.3 Å². The van der Waals surface area contributed by atoms with Crippen LogP contribution in [0.5, 0.6) is 0 Å². The summed E-state index contributed by atoms with van der Waals surface area (Å²) in [6.07, 6.45) is -8.42. The molecule has 1 saturated heterocycles. The molecule has 37 heavy (non-hydrogen) atoms. The number of rotatable bonds is 5. The first kappa shape index (κ1) is 25.9. The molecule has 4 rings (SSSR count). The molecule has 0 saturated carbocycles. The molecule has 3 heterocycles. The van der Waals surface area contributed by atoms with E-state index in [2.05, 4.69) is 20.0 Å². The van der Waals surface area contributed by atoms with Crippen molar-refractivity contribution in [3.8, 4) is 11.4 Å². The van der Waals surface area contributed by atoms with Crippen LogP contribution < -0.4 is 10.9 Å². The lowest BCUT2D eigenvalue weighted by Crippen LogP contribution is -2.51. The van der Waals surface area contributed by atoms with Gasteiger partial charge in [0.25, 0.3) is 5.56 Å². The molecule has 1 unspecified atom stereocenters. The summed E-state index contributed by atoms with van der Waals surface area (Å²) < 4.78 is 83.3. The summed E-state index contributed by atoms with van der Waals surface area (Å²) in [5.74, 6) is -4.49. The molecule has 1 aromatic carbocycles. The molecular weight excluding hydrogens is 512 g/mol. The van der Waals surface area contributed by atoms with Gasteiger partial charge in [0, 0.05) is 37.5 Å². The van der Waals surface area contributed by atoms with Gasteiger partial charge in [0.2, 0.25) is 17.6 Å². The first-order valence-electron chi connectivity index (χ1n) is 10.7. The SMILES string of the molecule is O=C1CN(C(=O)C(Cn2ccc(-c3noc(C(F)(F)F)n3)cc2=O)c2cccc(C(F)(F)F)c2)CCN1. The van der Waals surface area contributed by atoms with Gasteiger partial charge >= 0.3 is 18.2 Å². The van der Waals surface area contributed by atoms with Crippen LogP contribution in [0.15, 0.2) is 51.9 Å². The summed E-state index contributed by atoms with van der Waals surface area (Å²) in [7, 11) is 0. The molecule has 2 amide bonds. The maximum Gasteiger partial charge on any atom is 0.471 e. The monoisotopic (exact) mass is 529 g/mol. The van der Waals surface area contributed by atoms with Crippen molar-refractivity contribution in [3.63, 3.8) is 0 Å². The Morgan fingerprint density at radius 2 is 1.84 bits per heavy atom. The summed E-state index contributed by atoms with van der Waals surface area (Å²) in [4.78, 5) is 42.2. The Balaban J connectivity index is 1.67. The van der Waals surface area contributed by atoms with Crippen LogP contribution in [0.1, 0.15) is 22.9 Å². The zero-order chi connectivity index (χ0) is 27.0. The van der Waals surface area contributed by atoms with E-state index < -0.39 is 59.5 Å². The Morgan fingerprint density at radius 3 is 2.46 bits per heavy atom. The van der Waals surface area contributed by atoms with Crippen molar-refractivity contribution in [1.82, 2.24) is 24.9 Å². The quantitative estimate of drug-likeness (QED) is 0.509. The van der Waals surface area contributed by atoms with Crippen molar-refractivity contribution in [2.24, 2.45) is 0 Å². The van der Waals surface area contributed by atoms with Gasteiger partial charge in [-0.3, -0.25) is 14.4 Å². The van der Waals surface area contributed by atoms with Gasteiger partial charge in [0.1, 0.15) is 0 Å². The molecule has 9 nitrogen and oxygen atoms in total. The average Bonchev–Trinajstić information content (AvgIpc) is 3.34. The van der Waals surface area contributed by atoms with E-state index in [9.17, 15) is 40.7 Å². The van der Waals surface area contributed by atoms with E-state index in [1.54, 1.807) is 0 Å². The lowest BCUT2D eigenvalue weighted by molar-refractivity contribution is -0.159. The van der Waals surface area contributed by atoms with Gasteiger partial charge < -0.3 is 19.3 Å². The number of carbonyl (C=O) groups excluding carboxylic acids is 2. The minimum Gasteiger partial charge on any atom is -0.353 e. The van der Waals surface area contributed by atoms with Crippen molar-refractivity contribution in [3.05, 3.63) is 70.0 Å². The number of nitrogens with zero attached hydrogens (tertiary/aromatic N) is 4. The third kappa shape index (κ3) is 5.81. The van der Waals surface area contributed by atoms with Crippen molar-refractivity contribution >= 4 is 11.8 Å². The van der Waals surface area contributed by atoms with Crippen LogP contribution in [0.2, 0.25) is 0 Å². The maximum absolute atomic E-state index is 13.3. The first-order valence-corrected chi connectivity index (χ1v) is 10.7. The molecule has 0 spiro atoms. The Kier molecular flexibility index (Phi) is 6.80. The topological polar surface area (TPSA) is 110 Å². The van der Waals surface area contributed by atoms with Crippen LogP contribution in [-0.4, -0.2) is 51.1 Å². The van der Waals surface area contributed by atoms with Crippen LogP contribution in [0.3, 0.4) is 0 Å². The number of amides is 2. The highest BCUT2D eigenvalue weighted by molar-refractivity contribution is 5.89. The lowest BCUT2D eigenvalue weighted by atomic mass is 9.95. The third-order valence-corrected chi connectivity index (χ3v) is 5.57. The highest BCUT2D eigenvalue weighted by atomic mass is 19.4. The number of hydrogen-bond acceptors (Lipinski definition) is 6. The van der Waals surface area contributed by atoms with E-state index in [1.165, 1.54) is 17.0 Å². The Hall–Kier alpha value is -4.17. The molecule has 1 fully saturated rings. The van der Waals surface area contributed by atoms with E-state index in [0.29, 0.717) is 0 Å². The van der Waals surface area contributed by atoms with Crippen LogP contribution in [0, 0.1) is 0 Å². The van der Waals surface area contributed by atoms with Gasteiger partial charge in [-0.05, 0) is 17.7 Å². The maximum atomic E-state index is 13.3. The number of pyridine rings is 1. The molecule has 3 aromatic rings. The second-order valence-electron chi connectivity index (χ2n) is 8.11. The normalized spacial score (nSPS) is 15.4. The molecular formula is C22H17F6N5O4. The van der Waals surface area contributed by atoms with E-state index >= 15 is 0 Å². The summed E-state index contributed by atoms with van der Waals surface area (Å²) in [6.45, 7) is -0.439. The Morgan fingerprint density at radius 1 is 1.08 bits per heavy atom. The number of nitrogens with one attached hydrogen (secondary N) is 1. The minimum atomic E-state index is -4.88. The van der Waals surface area contributed by atoms with E-state index in [-0.39, 0.29) is 30.8 Å². The van der Waals surface area contributed by atoms with Crippen LogP contribution in [-0.2, 0) is 28.5 Å². The molecule has 0 aliphatic carbocycles. The first-order chi connectivity index (χ1) is 17.3. The van der Waals surface area contributed by atoms with E-state index in [0.717, 1.165) is 35.0 Å². The standard InChI is InChI=1S/C22H17F6N5O4/c23-21(24,25)14-3-1-2-12(8-14)15(19(36)33-7-5-29-16(34)11-33)10-32-6-4-13(9-17(32)35)18-30-20(37-31-18)22(26,27)28/h1-4,6,8-9,15H,5,7,10-11H2,(H,29,34). The highest BCUT2D eigenvalue weighted by Gasteiger charge is 2.39. The fourth-order valence-electron chi connectivity index (χ4n) is 3.76. The van der Waals surface area contributed by atoms with Gasteiger partial charge in [-0.25, -0.2) is 0 Å². The molecule has 2 aromatic heterocycles. The number of benzene rings is 1. The van der Waals surface area contributed by atoms with Gasteiger partial charge in [-0.15, -0.1) is 0 Å². The zero-order valence-corrected chi connectivity index (χ0v) is 18.6. The Labute approximate surface area is 203 Å². The van der Waals surface area contributed by atoms with Crippen molar-refractivity contribution < 1.29 is 40.5 Å². The van der Waals surface area contributed by atoms with Crippen LogP contribution in [0.4, 0.5) is 26.3 Å². The lowest BCUT2D eigenvalue weighted by Gasteiger charge is -2.31. The molecule has 1 aliphatic heterocycles. The molecule has 196 valence electrons. The average molecular weight is 529 g/mol. The van der Waals surface area contributed by atoms with Crippen molar-refractivity contribution in [1.29, 1.82) is 0 Å². The summed E-state index contributed by atoms with van der Waals surface area (Å²) in [5, 5.41) is 5.74. The predicted octanol–water partition coefficient (Wildman–Crippen LogP) is 2.68. The second kappa shape index (κ2) is 9.71. The number of piperazine rings is 1. The minimum absolute atomic E-state index is 0.0326. The summed E-state index contributed by atoms with van der Waals surface area (Å²) in [6, 6.07) is 6.17. The summed E-state index contributed by atoms with van der Waals surface area (Å²) in [5.41, 5.74) is -1.92. The number of carbonyl (C=O) groups is 2.